The van der Waals surface area contributed by atoms with Crippen molar-refractivity contribution in [2.45, 2.75) is 6.04 Å². The van der Waals surface area contributed by atoms with Gasteiger partial charge in [-0.3, -0.25) is 24.4 Å². The summed E-state index contributed by atoms with van der Waals surface area (Å²) < 4.78 is 10.7. The summed E-state index contributed by atoms with van der Waals surface area (Å²) in [4.78, 5) is 33.0. The van der Waals surface area contributed by atoms with Gasteiger partial charge in [-0.05, 0) is 11.6 Å². The molecule has 2 amide bonds. The van der Waals surface area contributed by atoms with Gasteiger partial charge >= 0.3 is 11.8 Å². The van der Waals surface area contributed by atoms with E-state index in [1.807, 2.05) is 12.1 Å². The van der Waals surface area contributed by atoms with Crippen LogP contribution in [0.5, 0.6) is 0 Å². The van der Waals surface area contributed by atoms with E-state index in [1.165, 1.54) is 0 Å². The van der Waals surface area contributed by atoms with Crippen molar-refractivity contribution in [3.05, 3.63) is 30.1 Å². The molecule has 9 nitrogen and oxygen atoms in total. The molecule has 0 saturated carbocycles. The number of morpholine rings is 2. The lowest BCUT2D eigenvalue weighted by Gasteiger charge is -2.34. The molecule has 1 aromatic heterocycles. The van der Waals surface area contributed by atoms with Gasteiger partial charge in [0.2, 0.25) is 0 Å². The largest absolute Gasteiger partial charge is 0.379 e. The highest BCUT2D eigenvalue weighted by Gasteiger charge is 2.24. The Morgan fingerprint density at radius 3 is 2.39 bits per heavy atom. The van der Waals surface area contributed by atoms with E-state index in [4.69, 9.17) is 9.47 Å². The average Bonchev–Trinajstić information content (AvgIpc) is 2.76. The molecule has 28 heavy (non-hydrogen) atoms. The van der Waals surface area contributed by atoms with Crippen LogP contribution < -0.4 is 10.6 Å². The van der Waals surface area contributed by atoms with Gasteiger partial charge in [0.05, 0.1) is 32.5 Å². The molecule has 2 saturated heterocycles. The third-order valence-electron chi connectivity index (χ3n) is 5.04. The van der Waals surface area contributed by atoms with Crippen LogP contribution in [0.2, 0.25) is 0 Å². The smallest absolute Gasteiger partial charge is 0.309 e. The van der Waals surface area contributed by atoms with E-state index in [9.17, 15) is 9.59 Å². The number of carbonyl (C=O) groups excluding carboxylic acids is 2. The summed E-state index contributed by atoms with van der Waals surface area (Å²) >= 11 is 0. The number of nitrogens with one attached hydrogen (secondary N) is 2. The third kappa shape index (κ3) is 6.23. The Morgan fingerprint density at radius 2 is 1.71 bits per heavy atom. The van der Waals surface area contributed by atoms with Crippen LogP contribution in [0.3, 0.4) is 0 Å². The Morgan fingerprint density at radius 1 is 1.04 bits per heavy atom. The minimum atomic E-state index is -0.607. The van der Waals surface area contributed by atoms with Crippen LogP contribution in [0, 0.1) is 0 Å². The number of amides is 2. The molecule has 0 bridgehead atoms. The fraction of sp³-hybridized carbons (Fsp3) is 0.632. The van der Waals surface area contributed by atoms with Crippen LogP contribution in [0.1, 0.15) is 11.6 Å². The fourth-order valence-electron chi connectivity index (χ4n) is 3.42. The van der Waals surface area contributed by atoms with E-state index in [1.54, 1.807) is 12.4 Å². The number of aromatic nitrogens is 1. The van der Waals surface area contributed by atoms with Crippen molar-refractivity contribution in [2.24, 2.45) is 0 Å². The predicted molar refractivity (Wildman–Crippen MR) is 103 cm³/mol. The van der Waals surface area contributed by atoms with Crippen LogP contribution in [0.4, 0.5) is 0 Å². The zero-order valence-electron chi connectivity index (χ0n) is 16.1. The van der Waals surface area contributed by atoms with Crippen molar-refractivity contribution >= 4 is 11.8 Å². The fourth-order valence-corrected chi connectivity index (χ4v) is 3.42. The molecule has 2 aliphatic rings. The Balaban J connectivity index is 1.46. The van der Waals surface area contributed by atoms with Crippen molar-refractivity contribution in [1.82, 2.24) is 25.4 Å². The molecule has 9 heteroatoms. The first-order chi connectivity index (χ1) is 13.7. The topological polar surface area (TPSA) is 96.0 Å². The molecule has 1 aromatic rings. The molecule has 2 N–H and O–H groups in total. The van der Waals surface area contributed by atoms with Crippen LogP contribution in [-0.2, 0) is 19.1 Å². The van der Waals surface area contributed by atoms with Gasteiger partial charge in [0.1, 0.15) is 0 Å². The lowest BCUT2D eigenvalue weighted by atomic mass is 10.1. The summed E-state index contributed by atoms with van der Waals surface area (Å²) in [5.74, 6) is -1.20. The quantitative estimate of drug-likeness (QED) is 0.577. The Kier molecular flexibility index (Phi) is 8.16. The molecule has 2 aliphatic heterocycles. The predicted octanol–water partition coefficient (Wildman–Crippen LogP) is -0.980. The minimum Gasteiger partial charge on any atom is -0.379 e. The highest BCUT2D eigenvalue weighted by atomic mass is 16.5. The maximum Gasteiger partial charge on any atom is 0.309 e. The van der Waals surface area contributed by atoms with Crippen molar-refractivity contribution in [3.63, 3.8) is 0 Å². The monoisotopic (exact) mass is 391 g/mol. The molecule has 0 radical (unpaired) electrons. The van der Waals surface area contributed by atoms with Gasteiger partial charge in [0.25, 0.3) is 0 Å². The van der Waals surface area contributed by atoms with Crippen LogP contribution >= 0.6 is 0 Å². The first kappa shape index (κ1) is 20.7. The highest BCUT2D eigenvalue weighted by molar-refractivity contribution is 6.35. The van der Waals surface area contributed by atoms with E-state index >= 15 is 0 Å². The first-order valence-corrected chi connectivity index (χ1v) is 9.82. The van der Waals surface area contributed by atoms with Crippen molar-refractivity contribution < 1.29 is 19.1 Å². The lowest BCUT2D eigenvalue weighted by molar-refractivity contribution is -0.139. The molecule has 2 fully saturated rings. The summed E-state index contributed by atoms with van der Waals surface area (Å²) in [6.45, 7) is 7.53. The number of pyridine rings is 1. The summed E-state index contributed by atoms with van der Waals surface area (Å²) in [5.41, 5.74) is 1.01. The summed E-state index contributed by atoms with van der Waals surface area (Å²) in [6.07, 6.45) is 3.52. The van der Waals surface area contributed by atoms with Gasteiger partial charge in [0.15, 0.2) is 0 Å². The molecule has 0 spiro atoms. The maximum absolute atomic E-state index is 12.2. The zero-order chi connectivity index (χ0) is 19.6. The first-order valence-electron chi connectivity index (χ1n) is 9.82. The Bertz CT molecular complexity index is 618. The number of carbonyl (C=O) groups is 2. The molecule has 1 atom stereocenters. The van der Waals surface area contributed by atoms with Gasteiger partial charge in [-0.1, -0.05) is 6.07 Å². The van der Waals surface area contributed by atoms with Gasteiger partial charge in [0, 0.05) is 58.2 Å². The van der Waals surface area contributed by atoms with E-state index in [0.717, 1.165) is 31.7 Å². The minimum absolute atomic E-state index is 0.0392. The second kappa shape index (κ2) is 11.1. The highest BCUT2D eigenvalue weighted by Crippen LogP contribution is 2.20. The molecular weight excluding hydrogens is 362 g/mol. The molecule has 3 heterocycles. The van der Waals surface area contributed by atoms with E-state index in [2.05, 4.69) is 25.4 Å². The summed E-state index contributed by atoms with van der Waals surface area (Å²) in [5, 5.41) is 5.47. The van der Waals surface area contributed by atoms with Crippen LogP contribution in [0.15, 0.2) is 24.5 Å². The number of rotatable bonds is 7. The van der Waals surface area contributed by atoms with Gasteiger partial charge < -0.3 is 20.1 Å². The molecule has 0 aliphatic carbocycles. The maximum atomic E-state index is 12.2. The molecule has 0 aromatic carbocycles. The van der Waals surface area contributed by atoms with Gasteiger partial charge in [-0.25, -0.2) is 0 Å². The van der Waals surface area contributed by atoms with Crippen LogP contribution in [-0.4, -0.2) is 98.8 Å². The van der Waals surface area contributed by atoms with Gasteiger partial charge in [-0.15, -0.1) is 0 Å². The standard InChI is InChI=1S/C19H29N5O4/c25-18(21-4-5-23-6-10-27-11-7-23)19(26)22-15-17(16-2-1-3-20-14-16)24-8-12-28-13-9-24/h1-3,14,17H,4-13,15H2,(H,21,25)(H,22,26). The Hall–Kier alpha value is -2.07. The summed E-state index contributed by atoms with van der Waals surface area (Å²) in [7, 11) is 0. The second-order valence-electron chi connectivity index (χ2n) is 6.87. The van der Waals surface area contributed by atoms with Crippen molar-refractivity contribution in [2.75, 3.05) is 72.2 Å². The lowest BCUT2D eigenvalue weighted by Crippen LogP contribution is -2.48. The molecule has 1 unspecified atom stereocenters. The third-order valence-corrected chi connectivity index (χ3v) is 5.04. The second-order valence-corrected chi connectivity index (χ2v) is 6.87. The van der Waals surface area contributed by atoms with E-state index in [0.29, 0.717) is 46.1 Å². The average molecular weight is 391 g/mol. The SMILES string of the molecule is O=C(NCCN1CCOCC1)C(=O)NCC(c1cccnc1)N1CCOCC1. The number of hydrogen-bond donors (Lipinski definition) is 2. The number of hydrogen-bond acceptors (Lipinski definition) is 7. The van der Waals surface area contributed by atoms with Crippen molar-refractivity contribution in [1.29, 1.82) is 0 Å². The van der Waals surface area contributed by atoms with Crippen molar-refractivity contribution in [3.8, 4) is 0 Å². The number of ether oxygens (including phenoxy) is 2. The van der Waals surface area contributed by atoms with Crippen LogP contribution in [0.25, 0.3) is 0 Å². The Labute approximate surface area is 165 Å². The molecular formula is C19H29N5O4. The molecule has 3 rings (SSSR count). The summed E-state index contributed by atoms with van der Waals surface area (Å²) in [6, 6.07) is 3.83. The van der Waals surface area contributed by atoms with E-state index < -0.39 is 11.8 Å². The van der Waals surface area contributed by atoms with Gasteiger partial charge in [-0.2, -0.15) is 0 Å². The zero-order valence-corrected chi connectivity index (χ0v) is 16.1. The van der Waals surface area contributed by atoms with E-state index in [-0.39, 0.29) is 6.04 Å². The number of nitrogens with zero attached hydrogens (tertiary/aromatic N) is 3. The molecule has 154 valence electrons. The normalized spacial score (nSPS) is 19.7.